The van der Waals surface area contributed by atoms with Crippen molar-refractivity contribution in [2.75, 3.05) is 20.1 Å². The molecule has 78 valence electrons. The molecule has 1 aliphatic carbocycles. The van der Waals surface area contributed by atoms with Crippen molar-refractivity contribution >= 4 is 0 Å². The maximum Gasteiger partial charge on any atom is 0.0741 e. The van der Waals surface area contributed by atoms with Gasteiger partial charge in [-0.2, -0.15) is 0 Å². The third kappa shape index (κ3) is 4.07. The topological polar surface area (TPSA) is 49.5 Å². The predicted molar refractivity (Wildman–Crippen MR) is 54.6 cm³/mol. The summed E-state index contributed by atoms with van der Waals surface area (Å²) in [4.78, 5) is 2.38. The molecule has 0 heterocycles. The molecule has 1 unspecified atom stereocenters. The van der Waals surface area contributed by atoms with Crippen LogP contribution in [0.4, 0.5) is 0 Å². The Morgan fingerprint density at radius 2 is 2.15 bits per heavy atom. The summed E-state index contributed by atoms with van der Waals surface area (Å²) in [5, 5.41) is 9.65. The van der Waals surface area contributed by atoms with E-state index in [1.165, 1.54) is 12.8 Å². The van der Waals surface area contributed by atoms with Gasteiger partial charge in [-0.3, -0.25) is 0 Å². The molecule has 0 saturated heterocycles. The molecule has 1 aliphatic rings. The lowest BCUT2D eigenvalue weighted by molar-refractivity contribution is 0.0550. The molecule has 3 N–H and O–H groups in total. The van der Waals surface area contributed by atoms with Crippen molar-refractivity contribution in [2.24, 2.45) is 5.73 Å². The molecule has 1 rings (SSSR count). The summed E-state index contributed by atoms with van der Waals surface area (Å²) in [5.41, 5.74) is 4.77. The van der Waals surface area contributed by atoms with Crippen LogP contribution in [0.5, 0.6) is 0 Å². The van der Waals surface area contributed by atoms with Crippen LogP contribution in [-0.2, 0) is 0 Å². The lowest BCUT2D eigenvalue weighted by Gasteiger charge is -2.22. The van der Waals surface area contributed by atoms with Crippen molar-refractivity contribution in [1.29, 1.82) is 0 Å². The molecule has 0 spiro atoms. The quantitative estimate of drug-likeness (QED) is 0.637. The molecule has 1 atom stereocenters. The summed E-state index contributed by atoms with van der Waals surface area (Å²) < 4.78 is 0. The minimum absolute atomic E-state index is 0.361. The van der Waals surface area contributed by atoms with Gasteiger partial charge in [-0.15, -0.1) is 0 Å². The number of hydrogen-bond donors (Lipinski definition) is 2. The number of aliphatic hydroxyl groups is 1. The maximum atomic E-state index is 9.65. The average Bonchev–Trinajstić information content (AvgIpc) is 2.86. The van der Waals surface area contributed by atoms with Gasteiger partial charge in [-0.1, -0.05) is 0 Å². The predicted octanol–water partition coefficient (Wildman–Crippen LogP) is 0.570. The smallest absolute Gasteiger partial charge is 0.0741 e. The second-order valence-electron chi connectivity index (χ2n) is 4.52. The highest BCUT2D eigenvalue weighted by Crippen LogP contribution is 2.25. The summed E-state index contributed by atoms with van der Waals surface area (Å²) in [6.07, 6.45) is 4.55. The standard InChI is InChI=1S/C10H22N2O/c1-10(13,8-11)6-3-7-12(2)9-4-5-9/h9,13H,3-8,11H2,1-2H3. The van der Waals surface area contributed by atoms with E-state index < -0.39 is 5.60 Å². The molecule has 3 nitrogen and oxygen atoms in total. The Kier molecular flexibility index (Phi) is 3.71. The van der Waals surface area contributed by atoms with E-state index in [1.807, 2.05) is 6.92 Å². The van der Waals surface area contributed by atoms with Crippen LogP contribution in [0.3, 0.4) is 0 Å². The third-order valence-electron chi connectivity index (χ3n) is 2.84. The Balaban J connectivity index is 2.05. The number of nitrogens with two attached hydrogens (primary N) is 1. The van der Waals surface area contributed by atoms with Gasteiger partial charge in [-0.25, -0.2) is 0 Å². The molecule has 13 heavy (non-hydrogen) atoms. The summed E-state index contributed by atoms with van der Waals surface area (Å²) in [6, 6.07) is 0.822. The van der Waals surface area contributed by atoms with Crippen LogP contribution in [0, 0.1) is 0 Å². The molecule has 0 aromatic carbocycles. The Bertz CT molecular complexity index is 155. The molecule has 3 heteroatoms. The van der Waals surface area contributed by atoms with Gasteiger partial charge >= 0.3 is 0 Å². The molecule has 0 aromatic heterocycles. The lowest BCUT2D eigenvalue weighted by Crippen LogP contribution is -2.35. The van der Waals surface area contributed by atoms with Crippen LogP contribution < -0.4 is 5.73 Å². The van der Waals surface area contributed by atoms with Crippen molar-refractivity contribution in [2.45, 2.75) is 44.2 Å². The largest absolute Gasteiger partial charge is 0.389 e. The lowest BCUT2D eigenvalue weighted by atomic mass is 10.0. The van der Waals surface area contributed by atoms with E-state index >= 15 is 0 Å². The average molecular weight is 186 g/mol. The van der Waals surface area contributed by atoms with Gasteiger partial charge in [-0.05, 0) is 46.2 Å². The first-order valence-corrected chi connectivity index (χ1v) is 5.18. The van der Waals surface area contributed by atoms with E-state index in [0.717, 1.165) is 25.4 Å². The highest BCUT2D eigenvalue weighted by atomic mass is 16.3. The van der Waals surface area contributed by atoms with Gasteiger partial charge in [0.25, 0.3) is 0 Å². The number of rotatable bonds is 6. The van der Waals surface area contributed by atoms with E-state index in [1.54, 1.807) is 0 Å². The normalized spacial score (nSPS) is 21.9. The van der Waals surface area contributed by atoms with E-state index in [2.05, 4.69) is 11.9 Å². The first-order chi connectivity index (χ1) is 6.05. The van der Waals surface area contributed by atoms with Gasteiger partial charge in [0.1, 0.15) is 0 Å². The van der Waals surface area contributed by atoms with Crippen LogP contribution in [0.25, 0.3) is 0 Å². The van der Waals surface area contributed by atoms with Crippen molar-refractivity contribution < 1.29 is 5.11 Å². The van der Waals surface area contributed by atoms with E-state index in [9.17, 15) is 5.11 Å². The van der Waals surface area contributed by atoms with Crippen LogP contribution in [0.15, 0.2) is 0 Å². The minimum Gasteiger partial charge on any atom is -0.389 e. The van der Waals surface area contributed by atoms with E-state index in [0.29, 0.717) is 6.54 Å². The molecular formula is C10H22N2O. The number of nitrogens with zero attached hydrogens (tertiary/aromatic N) is 1. The summed E-state index contributed by atoms with van der Waals surface area (Å²) in [5.74, 6) is 0. The van der Waals surface area contributed by atoms with Gasteiger partial charge in [0, 0.05) is 12.6 Å². The van der Waals surface area contributed by atoms with Crippen molar-refractivity contribution in [3.63, 3.8) is 0 Å². The van der Waals surface area contributed by atoms with Gasteiger partial charge < -0.3 is 15.7 Å². The van der Waals surface area contributed by atoms with Crippen molar-refractivity contribution in [3.8, 4) is 0 Å². The van der Waals surface area contributed by atoms with Crippen LogP contribution in [-0.4, -0.2) is 41.8 Å². The molecule has 0 amide bonds. The van der Waals surface area contributed by atoms with Gasteiger partial charge in [0.2, 0.25) is 0 Å². The molecule has 0 radical (unpaired) electrons. The minimum atomic E-state index is -0.662. The van der Waals surface area contributed by atoms with Crippen LogP contribution >= 0.6 is 0 Å². The van der Waals surface area contributed by atoms with Crippen molar-refractivity contribution in [1.82, 2.24) is 4.90 Å². The summed E-state index contributed by atoms with van der Waals surface area (Å²) in [6.45, 7) is 3.26. The van der Waals surface area contributed by atoms with Crippen molar-refractivity contribution in [3.05, 3.63) is 0 Å². The highest BCUT2D eigenvalue weighted by molar-refractivity contribution is 4.83. The monoisotopic (exact) mass is 186 g/mol. The maximum absolute atomic E-state index is 9.65. The Morgan fingerprint density at radius 1 is 1.54 bits per heavy atom. The van der Waals surface area contributed by atoms with Gasteiger partial charge in [0.15, 0.2) is 0 Å². The molecule has 0 aromatic rings. The fourth-order valence-electron chi connectivity index (χ4n) is 1.51. The molecule has 1 saturated carbocycles. The Labute approximate surface area is 80.9 Å². The van der Waals surface area contributed by atoms with Crippen LogP contribution in [0.2, 0.25) is 0 Å². The van der Waals surface area contributed by atoms with E-state index in [-0.39, 0.29) is 0 Å². The molecule has 0 aliphatic heterocycles. The zero-order valence-electron chi connectivity index (χ0n) is 8.79. The first-order valence-electron chi connectivity index (χ1n) is 5.18. The van der Waals surface area contributed by atoms with E-state index in [4.69, 9.17) is 5.73 Å². The van der Waals surface area contributed by atoms with Gasteiger partial charge in [0.05, 0.1) is 5.60 Å². The highest BCUT2D eigenvalue weighted by Gasteiger charge is 2.26. The SMILES string of the molecule is CN(CCCC(C)(O)CN)C1CC1. The first kappa shape index (κ1) is 11.0. The zero-order valence-corrected chi connectivity index (χ0v) is 8.79. The summed E-state index contributed by atoms with van der Waals surface area (Å²) in [7, 11) is 2.16. The molecule has 0 bridgehead atoms. The summed E-state index contributed by atoms with van der Waals surface area (Å²) >= 11 is 0. The number of hydrogen-bond acceptors (Lipinski definition) is 3. The fourth-order valence-corrected chi connectivity index (χ4v) is 1.51. The second-order valence-corrected chi connectivity index (χ2v) is 4.52. The molecular weight excluding hydrogens is 164 g/mol. The fraction of sp³-hybridized carbons (Fsp3) is 1.00. The second kappa shape index (κ2) is 4.40. The third-order valence-corrected chi connectivity index (χ3v) is 2.84. The molecule has 1 fully saturated rings. The Morgan fingerprint density at radius 3 is 2.62 bits per heavy atom. The Hall–Kier alpha value is -0.120. The van der Waals surface area contributed by atoms with Crippen LogP contribution in [0.1, 0.15) is 32.6 Å². The zero-order chi connectivity index (χ0) is 9.90.